The fourth-order valence-corrected chi connectivity index (χ4v) is 2.67. The highest BCUT2D eigenvalue weighted by atomic mass is 79.9. The minimum Gasteiger partial charge on any atom is -0.508 e. The van der Waals surface area contributed by atoms with E-state index in [0.717, 1.165) is 28.4 Å². The molecule has 1 aromatic carbocycles. The molecule has 0 saturated heterocycles. The van der Waals surface area contributed by atoms with Gasteiger partial charge in [-0.3, -0.25) is 0 Å². The second kappa shape index (κ2) is 6.28. The first-order chi connectivity index (χ1) is 9.13. The van der Waals surface area contributed by atoms with Gasteiger partial charge in [0.05, 0.1) is 13.2 Å². The van der Waals surface area contributed by atoms with Gasteiger partial charge in [0.2, 0.25) is 0 Å². The maximum Gasteiger partial charge on any atom is 0.410 e. The highest BCUT2D eigenvalue weighted by Gasteiger charge is 2.25. The third kappa shape index (κ3) is 3.21. The lowest BCUT2D eigenvalue weighted by Gasteiger charge is -2.29. The van der Waals surface area contributed by atoms with Crippen molar-refractivity contribution in [3.63, 3.8) is 0 Å². The standard InChI is InChI=1S/C14H18BrNO3/c1-2-3-8-19-14(18)16-7-6-10-11(9-16)12(15)4-5-13(10)17/h4-5,17H,2-3,6-9H2,1H3. The molecule has 1 N–H and O–H groups in total. The van der Waals surface area contributed by atoms with Gasteiger partial charge < -0.3 is 14.7 Å². The van der Waals surface area contributed by atoms with E-state index in [1.807, 2.05) is 0 Å². The van der Waals surface area contributed by atoms with Crippen molar-refractivity contribution in [3.8, 4) is 5.75 Å². The van der Waals surface area contributed by atoms with E-state index in [1.54, 1.807) is 17.0 Å². The number of phenols is 1. The molecule has 0 spiro atoms. The number of nitrogens with zero attached hydrogens (tertiary/aromatic N) is 1. The van der Waals surface area contributed by atoms with Crippen molar-refractivity contribution in [1.29, 1.82) is 0 Å². The van der Waals surface area contributed by atoms with Crippen molar-refractivity contribution in [1.82, 2.24) is 4.90 Å². The van der Waals surface area contributed by atoms with E-state index in [-0.39, 0.29) is 6.09 Å². The summed E-state index contributed by atoms with van der Waals surface area (Å²) in [6.07, 6.45) is 2.29. The monoisotopic (exact) mass is 327 g/mol. The van der Waals surface area contributed by atoms with Gasteiger partial charge in [-0.15, -0.1) is 0 Å². The van der Waals surface area contributed by atoms with Gasteiger partial charge in [-0.25, -0.2) is 4.79 Å². The summed E-state index contributed by atoms with van der Waals surface area (Å²) in [7, 11) is 0. The van der Waals surface area contributed by atoms with Crippen LogP contribution in [0.25, 0.3) is 0 Å². The van der Waals surface area contributed by atoms with E-state index < -0.39 is 0 Å². The Hall–Kier alpha value is -1.23. The van der Waals surface area contributed by atoms with Crippen molar-refractivity contribution >= 4 is 22.0 Å². The van der Waals surface area contributed by atoms with Crippen LogP contribution in [0.4, 0.5) is 4.79 Å². The molecule has 0 saturated carbocycles. The van der Waals surface area contributed by atoms with Crippen LogP contribution in [0.5, 0.6) is 5.75 Å². The molecule has 0 radical (unpaired) electrons. The fraction of sp³-hybridized carbons (Fsp3) is 0.500. The van der Waals surface area contributed by atoms with Gasteiger partial charge in [0.1, 0.15) is 5.75 Å². The molecule has 1 amide bonds. The van der Waals surface area contributed by atoms with Crippen LogP contribution in [0.1, 0.15) is 30.9 Å². The minimum atomic E-state index is -0.269. The van der Waals surface area contributed by atoms with E-state index in [2.05, 4.69) is 22.9 Å². The molecule has 2 rings (SSSR count). The van der Waals surface area contributed by atoms with Crippen molar-refractivity contribution in [2.24, 2.45) is 0 Å². The highest BCUT2D eigenvalue weighted by molar-refractivity contribution is 9.10. The Morgan fingerprint density at radius 3 is 3.00 bits per heavy atom. The quantitative estimate of drug-likeness (QED) is 0.865. The van der Waals surface area contributed by atoms with Gasteiger partial charge in [-0.05, 0) is 30.5 Å². The number of benzene rings is 1. The Labute approximate surface area is 121 Å². The van der Waals surface area contributed by atoms with Gasteiger partial charge in [0.25, 0.3) is 0 Å². The zero-order valence-electron chi connectivity index (χ0n) is 11.0. The molecule has 0 aliphatic carbocycles. The van der Waals surface area contributed by atoms with Gasteiger partial charge in [0, 0.05) is 16.6 Å². The summed E-state index contributed by atoms with van der Waals surface area (Å²) in [5, 5.41) is 9.82. The molecule has 4 nitrogen and oxygen atoms in total. The van der Waals surface area contributed by atoms with Crippen LogP contribution in [0.3, 0.4) is 0 Å². The second-order valence-corrected chi connectivity index (χ2v) is 5.52. The molecule has 1 aliphatic rings. The smallest absolute Gasteiger partial charge is 0.410 e. The van der Waals surface area contributed by atoms with Gasteiger partial charge in [-0.2, -0.15) is 0 Å². The molecule has 104 valence electrons. The molecule has 1 heterocycles. The van der Waals surface area contributed by atoms with E-state index >= 15 is 0 Å². The molecule has 0 aromatic heterocycles. The molecular weight excluding hydrogens is 310 g/mol. The number of hydrogen-bond acceptors (Lipinski definition) is 3. The lowest BCUT2D eigenvalue weighted by Crippen LogP contribution is -2.36. The molecule has 1 aromatic rings. The number of rotatable bonds is 3. The van der Waals surface area contributed by atoms with Crippen LogP contribution >= 0.6 is 15.9 Å². The molecular formula is C14H18BrNO3. The molecule has 1 aliphatic heterocycles. The third-order valence-electron chi connectivity index (χ3n) is 3.31. The van der Waals surface area contributed by atoms with Crippen LogP contribution < -0.4 is 0 Å². The zero-order valence-corrected chi connectivity index (χ0v) is 12.6. The van der Waals surface area contributed by atoms with Crippen molar-refractivity contribution in [2.45, 2.75) is 32.7 Å². The van der Waals surface area contributed by atoms with Crippen molar-refractivity contribution in [3.05, 3.63) is 27.7 Å². The number of fused-ring (bicyclic) bond motifs is 1. The predicted octanol–water partition coefficient (Wildman–Crippen LogP) is 3.45. The average Bonchev–Trinajstić information content (AvgIpc) is 2.43. The van der Waals surface area contributed by atoms with Crippen molar-refractivity contribution in [2.75, 3.05) is 13.2 Å². The predicted molar refractivity (Wildman–Crippen MR) is 76.2 cm³/mol. The van der Waals surface area contributed by atoms with E-state index in [0.29, 0.717) is 31.9 Å². The first-order valence-electron chi connectivity index (χ1n) is 6.54. The van der Waals surface area contributed by atoms with E-state index in [1.165, 1.54) is 0 Å². The van der Waals surface area contributed by atoms with E-state index in [9.17, 15) is 9.90 Å². The third-order valence-corrected chi connectivity index (χ3v) is 4.05. The summed E-state index contributed by atoms with van der Waals surface area (Å²) in [6.45, 7) is 3.60. The summed E-state index contributed by atoms with van der Waals surface area (Å²) in [5.74, 6) is 0.303. The minimum absolute atomic E-state index is 0.269. The SMILES string of the molecule is CCCCOC(=O)N1CCc2c(O)ccc(Br)c2C1. The molecule has 19 heavy (non-hydrogen) atoms. The normalized spacial score (nSPS) is 14.1. The Kier molecular flexibility index (Phi) is 4.69. The summed E-state index contributed by atoms with van der Waals surface area (Å²) in [6, 6.07) is 3.48. The van der Waals surface area contributed by atoms with Crippen LogP contribution in [-0.2, 0) is 17.7 Å². The Bertz CT molecular complexity index is 476. The van der Waals surface area contributed by atoms with Crippen LogP contribution in [0.2, 0.25) is 0 Å². The number of carbonyl (C=O) groups excluding carboxylic acids is 1. The largest absolute Gasteiger partial charge is 0.508 e. The lowest BCUT2D eigenvalue weighted by atomic mass is 9.99. The van der Waals surface area contributed by atoms with Crippen LogP contribution in [0, 0.1) is 0 Å². The molecule has 0 atom stereocenters. The topological polar surface area (TPSA) is 49.8 Å². The summed E-state index contributed by atoms with van der Waals surface area (Å²) < 4.78 is 6.14. The Morgan fingerprint density at radius 1 is 1.47 bits per heavy atom. The summed E-state index contributed by atoms with van der Waals surface area (Å²) in [5.41, 5.74) is 1.89. The average molecular weight is 328 g/mol. The Morgan fingerprint density at radius 2 is 2.26 bits per heavy atom. The molecule has 0 bridgehead atoms. The molecule has 5 heteroatoms. The number of ether oxygens (including phenoxy) is 1. The summed E-state index contributed by atoms with van der Waals surface area (Å²) in [4.78, 5) is 13.6. The second-order valence-electron chi connectivity index (χ2n) is 4.66. The van der Waals surface area contributed by atoms with E-state index in [4.69, 9.17) is 4.74 Å². The highest BCUT2D eigenvalue weighted by Crippen LogP contribution is 2.32. The van der Waals surface area contributed by atoms with Crippen LogP contribution in [-0.4, -0.2) is 29.3 Å². The number of halogens is 1. The van der Waals surface area contributed by atoms with Crippen molar-refractivity contribution < 1.29 is 14.6 Å². The maximum absolute atomic E-state index is 11.9. The number of aromatic hydroxyl groups is 1. The summed E-state index contributed by atoms with van der Waals surface area (Å²) >= 11 is 3.47. The maximum atomic E-state index is 11.9. The number of unbranched alkanes of at least 4 members (excludes halogenated alkanes) is 1. The van der Waals surface area contributed by atoms with Gasteiger partial charge >= 0.3 is 6.09 Å². The Balaban J connectivity index is 2.05. The zero-order chi connectivity index (χ0) is 13.8. The number of carbonyl (C=O) groups is 1. The first-order valence-corrected chi connectivity index (χ1v) is 7.33. The molecule has 0 fully saturated rings. The number of hydrogen-bond donors (Lipinski definition) is 1. The van der Waals surface area contributed by atoms with Gasteiger partial charge in [0.15, 0.2) is 0 Å². The fourth-order valence-electron chi connectivity index (χ4n) is 2.17. The van der Waals surface area contributed by atoms with Crippen LogP contribution in [0.15, 0.2) is 16.6 Å². The number of amides is 1. The number of phenolic OH excluding ortho intramolecular Hbond substituents is 1. The lowest BCUT2D eigenvalue weighted by molar-refractivity contribution is 0.0963. The molecule has 0 unspecified atom stereocenters. The van der Waals surface area contributed by atoms with Gasteiger partial charge in [-0.1, -0.05) is 29.3 Å². The first kappa shape index (κ1) is 14.2.